The standard InChI is InChI=1S/C24H28N2O5/c1-2-18-15-20(21-10-11-25-26-21)22(27)16-23(18)31-13-5-3-4-12-30-19-8-6-17(7-9-19)14-24(28)29/h6-11,15-16,27H,2-5,12-14H2,1H3,(H,25,26)(H,28,29). The summed E-state index contributed by atoms with van der Waals surface area (Å²) in [5, 5.41) is 26.0. The van der Waals surface area contributed by atoms with Gasteiger partial charge in [0.25, 0.3) is 0 Å². The van der Waals surface area contributed by atoms with Gasteiger partial charge >= 0.3 is 5.97 Å². The van der Waals surface area contributed by atoms with Gasteiger partial charge in [-0.05, 0) is 61.1 Å². The highest BCUT2D eigenvalue weighted by Gasteiger charge is 2.12. The lowest BCUT2D eigenvalue weighted by atomic mass is 10.0. The maximum Gasteiger partial charge on any atom is 0.307 e. The number of unbranched alkanes of at least 4 members (excludes halogenated alkanes) is 2. The minimum absolute atomic E-state index is 0.0176. The van der Waals surface area contributed by atoms with E-state index in [1.807, 2.05) is 12.1 Å². The molecule has 1 aromatic heterocycles. The lowest BCUT2D eigenvalue weighted by molar-refractivity contribution is -0.136. The number of benzene rings is 2. The molecule has 3 N–H and O–H groups in total. The van der Waals surface area contributed by atoms with Crippen molar-refractivity contribution in [3.05, 3.63) is 59.8 Å². The molecular formula is C24H28N2O5. The molecule has 0 spiro atoms. The fourth-order valence-corrected chi connectivity index (χ4v) is 3.28. The molecule has 1 heterocycles. The van der Waals surface area contributed by atoms with Gasteiger partial charge < -0.3 is 19.7 Å². The SMILES string of the molecule is CCc1cc(-c2ccn[nH]2)c(O)cc1OCCCCCOc1ccc(CC(=O)O)cc1. The number of ether oxygens (including phenoxy) is 2. The van der Waals surface area contributed by atoms with Crippen LogP contribution in [0.1, 0.15) is 37.3 Å². The largest absolute Gasteiger partial charge is 0.507 e. The molecule has 3 aromatic rings. The molecule has 3 rings (SSSR count). The van der Waals surface area contributed by atoms with Gasteiger partial charge in [-0.25, -0.2) is 0 Å². The number of nitrogens with zero attached hydrogens (tertiary/aromatic N) is 1. The zero-order chi connectivity index (χ0) is 22.1. The number of carboxylic acids is 1. The Kier molecular flexibility index (Phi) is 7.92. The summed E-state index contributed by atoms with van der Waals surface area (Å²) in [6.07, 6.45) is 5.21. The fraction of sp³-hybridized carbons (Fsp3) is 0.333. The molecule has 0 radical (unpaired) electrons. The minimum atomic E-state index is -0.842. The van der Waals surface area contributed by atoms with Crippen LogP contribution in [0.3, 0.4) is 0 Å². The number of phenols is 1. The number of hydrogen-bond donors (Lipinski definition) is 3. The van der Waals surface area contributed by atoms with Gasteiger partial charge in [-0.3, -0.25) is 9.89 Å². The van der Waals surface area contributed by atoms with Crippen LogP contribution in [0.2, 0.25) is 0 Å². The van der Waals surface area contributed by atoms with Crippen molar-refractivity contribution in [2.45, 2.75) is 39.0 Å². The van der Waals surface area contributed by atoms with Gasteiger partial charge in [0.05, 0.1) is 25.3 Å². The van der Waals surface area contributed by atoms with Gasteiger partial charge in [0.2, 0.25) is 0 Å². The molecule has 0 atom stereocenters. The van der Waals surface area contributed by atoms with Crippen molar-refractivity contribution in [3.63, 3.8) is 0 Å². The topological polar surface area (TPSA) is 105 Å². The van der Waals surface area contributed by atoms with Gasteiger partial charge in [0.1, 0.15) is 17.2 Å². The predicted molar refractivity (Wildman–Crippen MR) is 118 cm³/mol. The van der Waals surface area contributed by atoms with Gasteiger partial charge in [0.15, 0.2) is 0 Å². The van der Waals surface area contributed by atoms with Crippen molar-refractivity contribution in [3.8, 4) is 28.5 Å². The second-order valence-corrected chi connectivity index (χ2v) is 7.27. The lowest BCUT2D eigenvalue weighted by Gasteiger charge is -2.13. The van der Waals surface area contributed by atoms with E-state index in [0.717, 1.165) is 53.8 Å². The number of H-pyrrole nitrogens is 1. The van der Waals surface area contributed by atoms with E-state index in [-0.39, 0.29) is 12.2 Å². The number of phenolic OH excluding ortho intramolecular Hbond substituents is 1. The van der Waals surface area contributed by atoms with Gasteiger partial charge in [-0.1, -0.05) is 19.1 Å². The van der Waals surface area contributed by atoms with Crippen molar-refractivity contribution in [2.24, 2.45) is 0 Å². The quantitative estimate of drug-likeness (QED) is 0.367. The number of aryl methyl sites for hydroxylation is 1. The first-order chi connectivity index (χ1) is 15.1. The molecule has 0 saturated heterocycles. The molecule has 0 fully saturated rings. The van der Waals surface area contributed by atoms with Crippen molar-refractivity contribution >= 4 is 5.97 Å². The normalized spacial score (nSPS) is 10.7. The van der Waals surface area contributed by atoms with Crippen molar-refractivity contribution in [2.75, 3.05) is 13.2 Å². The van der Waals surface area contributed by atoms with Crippen LogP contribution in [0, 0.1) is 0 Å². The highest BCUT2D eigenvalue weighted by molar-refractivity contribution is 5.70. The third kappa shape index (κ3) is 6.50. The Morgan fingerprint density at radius 1 is 1.03 bits per heavy atom. The molecule has 2 aromatic carbocycles. The number of aromatic hydroxyl groups is 1. The number of nitrogens with one attached hydrogen (secondary N) is 1. The Hall–Kier alpha value is -3.48. The average Bonchev–Trinajstić information content (AvgIpc) is 3.28. The summed E-state index contributed by atoms with van der Waals surface area (Å²) < 4.78 is 11.6. The Balaban J connectivity index is 1.39. The molecule has 0 aliphatic carbocycles. The number of aromatic amines is 1. The third-order valence-corrected chi connectivity index (χ3v) is 4.94. The molecular weight excluding hydrogens is 396 g/mol. The minimum Gasteiger partial charge on any atom is -0.507 e. The number of aliphatic carboxylic acids is 1. The summed E-state index contributed by atoms with van der Waals surface area (Å²) in [7, 11) is 0. The maximum atomic E-state index is 10.7. The van der Waals surface area contributed by atoms with E-state index >= 15 is 0 Å². The van der Waals surface area contributed by atoms with Crippen molar-refractivity contribution in [1.29, 1.82) is 0 Å². The van der Waals surface area contributed by atoms with Crippen LogP contribution in [0.5, 0.6) is 17.2 Å². The molecule has 0 aliphatic heterocycles. The van der Waals surface area contributed by atoms with E-state index in [0.29, 0.717) is 19.0 Å². The zero-order valence-electron chi connectivity index (χ0n) is 17.6. The second-order valence-electron chi connectivity index (χ2n) is 7.27. The molecule has 164 valence electrons. The van der Waals surface area contributed by atoms with Crippen LogP contribution in [-0.2, 0) is 17.6 Å². The van der Waals surface area contributed by atoms with Crippen molar-refractivity contribution < 1.29 is 24.5 Å². The monoisotopic (exact) mass is 424 g/mol. The molecule has 31 heavy (non-hydrogen) atoms. The van der Waals surface area contributed by atoms with Crippen LogP contribution in [0.25, 0.3) is 11.3 Å². The van der Waals surface area contributed by atoms with E-state index in [4.69, 9.17) is 14.6 Å². The number of hydrogen-bond acceptors (Lipinski definition) is 5. The summed E-state index contributed by atoms with van der Waals surface area (Å²) in [4.78, 5) is 10.7. The Bertz CT molecular complexity index is 968. The second kappa shape index (κ2) is 11.1. The van der Waals surface area contributed by atoms with Crippen LogP contribution >= 0.6 is 0 Å². The van der Waals surface area contributed by atoms with Gasteiger partial charge in [-0.15, -0.1) is 0 Å². The fourth-order valence-electron chi connectivity index (χ4n) is 3.28. The van der Waals surface area contributed by atoms with E-state index in [1.54, 1.807) is 36.5 Å². The number of carbonyl (C=O) groups is 1. The Labute approximate surface area is 181 Å². The maximum absolute atomic E-state index is 10.7. The molecule has 7 nitrogen and oxygen atoms in total. The molecule has 7 heteroatoms. The Morgan fingerprint density at radius 3 is 2.42 bits per heavy atom. The van der Waals surface area contributed by atoms with Crippen molar-refractivity contribution in [1.82, 2.24) is 10.2 Å². The first kappa shape index (κ1) is 22.2. The highest BCUT2D eigenvalue weighted by atomic mass is 16.5. The lowest BCUT2D eigenvalue weighted by Crippen LogP contribution is -2.03. The Morgan fingerprint density at radius 2 is 1.77 bits per heavy atom. The van der Waals surface area contributed by atoms with Crippen LogP contribution in [0.15, 0.2) is 48.7 Å². The number of rotatable bonds is 12. The van der Waals surface area contributed by atoms with Crippen LogP contribution in [0.4, 0.5) is 0 Å². The summed E-state index contributed by atoms with van der Waals surface area (Å²) in [5.41, 5.74) is 3.29. The van der Waals surface area contributed by atoms with Gasteiger partial charge in [0, 0.05) is 17.8 Å². The predicted octanol–water partition coefficient (Wildman–Crippen LogP) is 4.60. The molecule has 0 unspecified atom stereocenters. The third-order valence-electron chi connectivity index (χ3n) is 4.94. The van der Waals surface area contributed by atoms with E-state index in [2.05, 4.69) is 17.1 Å². The van der Waals surface area contributed by atoms with E-state index < -0.39 is 5.97 Å². The van der Waals surface area contributed by atoms with E-state index in [9.17, 15) is 9.90 Å². The molecule has 0 saturated carbocycles. The molecule has 0 aliphatic rings. The summed E-state index contributed by atoms with van der Waals surface area (Å²) in [6.45, 7) is 3.22. The van der Waals surface area contributed by atoms with E-state index in [1.165, 1.54) is 0 Å². The zero-order valence-corrected chi connectivity index (χ0v) is 17.6. The first-order valence-electron chi connectivity index (χ1n) is 10.5. The molecule has 0 amide bonds. The smallest absolute Gasteiger partial charge is 0.307 e. The summed E-state index contributed by atoms with van der Waals surface area (Å²) in [6, 6.07) is 12.6. The first-order valence-corrected chi connectivity index (χ1v) is 10.5. The molecule has 0 bridgehead atoms. The number of aromatic nitrogens is 2. The van der Waals surface area contributed by atoms with Gasteiger partial charge in [-0.2, -0.15) is 5.10 Å². The highest BCUT2D eigenvalue weighted by Crippen LogP contribution is 2.34. The van der Waals surface area contributed by atoms with Crippen LogP contribution < -0.4 is 9.47 Å². The summed E-state index contributed by atoms with van der Waals surface area (Å²) in [5.74, 6) is 0.775. The average molecular weight is 424 g/mol. The summed E-state index contributed by atoms with van der Waals surface area (Å²) >= 11 is 0. The number of carboxylic acid groups (broad SMARTS) is 1. The van der Waals surface area contributed by atoms with Crippen LogP contribution in [-0.4, -0.2) is 39.6 Å².